The molecule has 0 N–H and O–H groups in total. The van der Waals surface area contributed by atoms with Crippen LogP contribution in [-0.4, -0.2) is 25.2 Å². The molecule has 1 heterocycles. The van der Waals surface area contributed by atoms with E-state index in [4.69, 9.17) is 9.72 Å². The zero-order chi connectivity index (χ0) is 22.9. The van der Waals surface area contributed by atoms with Crippen molar-refractivity contribution in [2.24, 2.45) is 0 Å². The Hall–Kier alpha value is -3.59. The molecule has 0 unspecified atom stereocenters. The van der Waals surface area contributed by atoms with Crippen LogP contribution >= 0.6 is 0 Å². The maximum Gasteiger partial charge on any atom is 0.118 e. The largest absolute Gasteiger partial charge is 0.497 e. The van der Waals surface area contributed by atoms with Gasteiger partial charge in [0.2, 0.25) is 0 Å². The van der Waals surface area contributed by atoms with Crippen LogP contribution in [0.4, 0.5) is 5.69 Å². The van der Waals surface area contributed by atoms with E-state index in [1.54, 1.807) is 13.2 Å². The molecule has 0 saturated heterocycles. The Labute approximate surface area is 192 Å². The monoisotopic (exact) mass is 424 g/mol. The first-order valence-corrected chi connectivity index (χ1v) is 11.1. The summed E-state index contributed by atoms with van der Waals surface area (Å²) in [6.45, 7) is 12.2. The molecule has 0 radical (unpaired) electrons. The Balaban J connectivity index is 2.13. The quantitative estimate of drug-likeness (QED) is 0.334. The molecule has 0 atom stereocenters. The standard InChI is InChI=1S/C29H32N2O/c1-6-10-23(11-7-2)28-20-25(22-12-16-26(17-13-22)31(8-3)9-4)21-29(30-28)24-14-18-27(32-5)19-15-24/h6-7,10-21H,1,8-9H2,2-5H3/b11-7-,23-10+. The van der Waals surface area contributed by atoms with Crippen LogP contribution in [0.3, 0.4) is 0 Å². The van der Waals surface area contributed by atoms with E-state index in [1.165, 1.54) is 5.69 Å². The lowest BCUT2D eigenvalue weighted by atomic mass is 9.99. The topological polar surface area (TPSA) is 25.4 Å². The van der Waals surface area contributed by atoms with E-state index >= 15 is 0 Å². The predicted octanol–water partition coefficient (Wildman–Crippen LogP) is 7.42. The number of hydrogen-bond donors (Lipinski definition) is 0. The van der Waals surface area contributed by atoms with Crippen LogP contribution in [0.25, 0.3) is 28.0 Å². The summed E-state index contributed by atoms with van der Waals surface area (Å²) < 4.78 is 5.32. The number of benzene rings is 2. The average molecular weight is 425 g/mol. The van der Waals surface area contributed by atoms with E-state index in [1.807, 2.05) is 43.3 Å². The highest BCUT2D eigenvalue weighted by atomic mass is 16.5. The van der Waals surface area contributed by atoms with Crippen LogP contribution in [0.5, 0.6) is 5.75 Å². The Morgan fingerprint density at radius 3 is 2.16 bits per heavy atom. The number of rotatable bonds is 9. The van der Waals surface area contributed by atoms with Gasteiger partial charge in [-0.2, -0.15) is 0 Å². The molecule has 3 aromatic rings. The minimum Gasteiger partial charge on any atom is -0.497 e. The zero-order valence-electron chi connectivity index (χ0n) is 19.5. The van der Waals surface area contributed by atoms with Gasteiger partial charge in [-0.1, -0.05) is 43.0 Å². The predicted molar refractivity (Wildman–Crippen MR) is 138 cm³/mol. The fourth-order valence-corrected chi connectivity index (χ4v) is 3.74. The molecule has 3 rings (SSSR count). The van der Waals surface area contributed by atoms with E-state index in [9.17, 15) is 0 Å². The lowest BCUT2D eigenvalue weighted by molar-refractivity contribution is 0.415. The van der Waals surface area contributed by atoms with Crippen molar-refractivity contribution >= 4 is 11.3 Å². The van der Waals surface area contributed by atoms with E-state index in [-0.39, 0.29) is 0 Å². The first-order chi connectivity index (χ1) is 15.6. The molecule has 0 spiro atoms. The highest BCUT2D eigenvalue weighted by Gasteiger charge is 2.10. The van der Waals surface area contributed by atoms with Crippen LogP contribution in [0.15, 0.2) is 91.5 Å². The maximum absolute atomic E-state index is 5.32. The highest BCUT2D eigenvalue weighted by molar-refractivity contribution is 5.80. The van der Waals surface area contributed by atoms with E-state index in [0.29, 0.717) is 0 Å². The number of aromatic nitrogens is 1. The molecule has 0 bridgehead atoms. The molecular weight excluding hydrogens is 392 g/mol. The van der Waals surface area contributed by atoms with Crippen LogP contribution in [0.2, 0.25) is 0 Å². The van der Waals surface area contributed by atoms with Crippen molar-refractivity contribution in [2.45, 2.75) is 20.8 Å². The van der Waals surface area contributed by atoms with Gasteiger partial charge in [0, 0.05) is 24.3 Å². The van der Waals surface area contributed by atoms with Crippen molar-refractivity contribution in [1.29, 1.82) is 0 Å². The molecule has 164 valence electrons. The molecule has 0 aliphatic heterocycles. The summed E-state index contributed by atoms with van der Waals surface area (Å²) in [5.74, 6) is 0.832. The first kappa shape index (κ1) is 23.1. The van der Waals surface area contributed by atoms with Gasteiger partial charge in [-0.25, -0.2) is 4.98 Å². The van der Waals surface area contributed by atoms with Gasteiger partial charge in [0.15, 0.2) is 0 Å². The summed E-state index contributed by atoms with van der Waals surface area (Å²) in [6.07, 6.45) is 7.88. The molecule has 2 aromatic carbocycles. The summed E-state index contributed by atoms with van der Waals surface area (Å²) in [6, 6.07) is 21.1. The molecule has 32 heavy (non-hydrogen) atoms. The summed E-state index contributed by atoms with van der Waals surface area (Å²) in [5, 5.41) is 0. The number of anilines is 1. The Kier molecular flexibility index (Phi) is 8.04. The minimum atomic E-state index is 0.832. The number of hydrogen-bond acceptors (Lipinski definition) is 3. The Morgan fingerprint density at radius 2 is 1.59 bits per heavy atom. The molecule has 0 aliphatic carbocycles. The van der Waals surface area contributed by atoms with Gasteiger partial charge in [0.1, 0.15) is 5.75 Å². The van der Waals surface area contributed by atoms with Gasteiger partial charge in [0.05, 0.1) is 18.5 Å². The number of ether oxygens (including phenoxy) is 1. The van der Waals surface area contributed by atoms with Gasteiger partial charge in [-0.05, 0) is 86.0 Å². The number of methoxy groups -OCH3 is 1. The highest BCUT2D eigenvalue weighted by Crippen LogP contribution is 2.31. The van der Waals surface area contributed by atoms with Crippen molar-refractivity contribution < 1.29 is 4.74 Å². The van der Waals surface area contributed by atoms with Crippen LogP contribution < -0.4 is 9.64 Å². The number of nitrogens with zero attached hydrogens (tertiary/aromatic N) is 2. The van der Waals surface area contributed by atoms with Gasteiger partial charge >= 0.3 is 0 Å². The van der Waals surface area contributed by atoms with E-state index in [0.717, 1.165) is 52.5 Å². The lowest BCUT2D eigenvalue weighted by Gasteiger charge is -2.21. The normalized spacial score (nSPS) is 11.6. The summed E-state index contributed by atoms with van der Waals surface area (Å²) in [7, 11) is 1.68. The third kappa shape index (κ3) is 5.36. The van der Waals surface area contributed by atoms with Gasteiger partial charge in [-0.3, -0.25) is 0 Å². The third-order valence-corrected chi connectivity index (χ3v) is 5.48. The van der Waals surface area contributed by atoms with Gasteiger partial charge < -0.3 is 9.64 Å². The van der Waals surface area contributed by atoms with Crippen molar-refractivity contribution in [3.05, 3.63) is 97.2 Å². The molecule has 0 saturated carbocycles. The second-order valence-electron chi connectivity index (χ2n) is 7.43. The molecule has 3 heteroatoms. The summed E-state index contributed by atoms with van der Waals surface area (Å²) >= 11 is 0. The smallest absolute Gasteiger partial charge is 0.118 e. The minimum absolute atomic E-state index is 0.832. The summed E-state index contributed by atoms with van der Waals surface area (Å²) in [4.78, 5) is 7.33. The second-order valence-corrected chi connectivity index (χ2v) is 7.43. The molecule has 0 amide bonds. The Bertz CT molecular complexity index is 1090. The molecule has 0 fully saturated rings. The van der Waals surface area contributed by atoms with E-state index < -0.39 is 0 Å². The first-order valence-electron chi connectivity index (χ1n) is 11.1. The van der Waals surface area contributed by atoms with Gasteiger partial charge in [-0.15, -0.1) is 0 Å². The van der Waals surface area contributed by atoms with Crippen molar-refractivity contribution in [1.82, 2.24) is 4.98 Å². The molecule has 1 aromatic heterocycles. The van der Waals surface area contributed by atoms with Crippen LogP contribution in [0.1, 0.15) is 26.5 Å². The maximum atomic E-state index is 5.32. The number of allylic oxidation sites excluding steroid dienone is 5. The number of pyridine rings is 1. The lowest BCUT2D eigenvalue weighted by Crippen LogP contribution is -2.21. The third-order valence-electron chi connectivity index (χ3n) is 5.48. The van der Waals surface area contributed by atoms with Crippen molar-refractivity contribution in [3.63, 3.8) is 0 Å². The fourth-order valence-electron chi connectivity index (χ4n) is 3.74. The molecule has 0 aliphatic rings. The second kappa shape index (κ2) is 11.1. The molecule has 3 nitrogen and oxygen atoms in total. The van der Waals surface area contributed by atoms with Gasteiger partial charge in [0.25, 0.3) is 0 Å². The average Bonchev–Trinajstić information content (AvgIpc) is 2.85. The Morgan fingerprint density at radius 1 is 0.938 bits per heavy atom. The zero-order valence-corrected chi connectivity index (χ0v) is 19.5. The molecular formula is C29H32N2O. The van der Waals surface area contributed by atoms with E-state index in [2.05, 4.69) is 67.8 Å². The van der Waals surface area contributed by atoms with Crippen LogP contribution in [-0.2, 0) is 0 Å². The van der Waals surface area contributed by atoms with Crippen molar-refractivity contribution in [3.8, 4) is 28.1 Å². The fraction of sp³-hybridized carbons (Fsp3) is 0.207. The van der Waals surface area contributed by atoms with Crippen molar-refractivity contribution in [2.75, 3.05) is 25.1 Å². The summed E-state index contributed by atoms with van der Waals surface area (Å²) in [5.41, 5.74) is 7.45. The van der Waals surface area contributed by atoms with Crippen LogP contribution in [0, 0.1) is 0 Å². The SMILES string of the molecule is C=C/C=C(\C=C/C)c1cc(-c2ccc(N(CC)CC)cc2)cc(-c2ccc(OC)cc2)n1.